The fraction of sp³-hybridized carbons (Fsp3) is 0.517. The van der Waals surface area contributed by atoms with Gasteiger partial charge in [0.15, 0.2) is 0 Å². The predicted molar refractivity (Wildman–Crippen MR) is 163 cm³/mol. The van der Waals surface area contributed by atoms with Gasteiger partial charge in [-0.25, -0.2) is 8.78 Å². The van der Waals surface area contributed by atoms with Gasteiger partial charge < -0.3 is 19.4 Å². The number of rotatable bonds is 6. The number of carbonyl (C=O) groups excluding carboxylic acids is 1. The number of anilines is 2. The van der Waals surface area contributed by atoms with Crippen LogP contribution in [-0.4, -0.2) is 101 Å². The summed E-state index contributed by atoms with van der Waals surface area (Å²) in [4.78, 5) is 29.7. The van der Waals surface area contributed by atoms with E-state index >= 15 is 0 Å². The van der Waals surface area contributed by atoms with Gasteiger partial charge in [0.25, 0.3) is 5.92 Å². The molecule has 10 nitrogen and oxygen atoms in total. The van der Waals surface area contributed by atoms with Crippen molar-refractivity contribution in [3.05, 3.63) is 47.3 Å². The number of likely N-dealkylation sites (N-methyl/N-ethyl adjacent to an activating group) is 1. The third kappa shape index (κ3) is 5.63. The number of ether oxygens (including phenoxy) is 1. The van der Waals surface area contributed by atoms with E-state index in [1.807, 2.05) is 6.20 Å². The van der Waals surface area contributed by atoms with Crippen LogP contribution in [0.25, 0.3) is 10.9 Å². The molecule has 0 unspecified atom stereocenters. The number of fused-ring (bicyclic) bond motifs is 2. The molecule has 1 N–H and O–H groups in total. The number of hydrogen-bond acceptors (Lipinski definition) is 8. The molecule has 5 heterocycles. The van der Waals surface area contributed by atoms with E-state index in [1.165, 1.54) is 17.2 Å². The monoisotopic (exact) mass is 600 g/mol. The lowest BCUT2D eigenvalue weighted by Crippen LogP contribution is -2.49. The van der Waals surface area contributed by atoms with Crippen LogP contribution in [0.2, 0.25) is 0 Å². The average molecular weight is 601 g/mol. The van der Waals surface area contributed by atoms with Gasteiger partial charge in [0.1, 0.15) is 12.4 Å². The van der Waals surface area contributed by atoms with Crippen molar-refractivity contribution in [1.29, 1.82) is 0 Å². The van der Waals surface area contributed by atoms with Crippen LogP contribution < -0.4 is 14.5 Å². The largest absolute Gasteiger partial charge is 0.462 e. The molecule has 6 rings (SSSR count). The van der Waals surface area contributed by atoms with Gasteiger partial charge in [-0.3, -0.25) is 14.8 Å². The lowest BCUT2D eigenvalue weighted by molar-refractivity contribution is -0.126. The molecule has 226 valence electrons. The lowest BCUT2D eigenvalue weighted by atomic mass is 9.99. The number of nitrogens with zero attached hydrogens (tertiary/aromatic N) is 7. The van der Waals surface area contributed by atoms with E-state index in [0.29, 0.717) is 32.7 Å². The minimum atomic E-state index is -2.72. The number of halogens is 2. The number of aromatic amines is 1. The highest BCUT2D eigenvalue weighted by atomic mass is 32.1. The van der Waals surface area contributed by atoms with Crippen molar-refractivity contribution in [1.82, 2.24) is 30.0 Å². The van der Waals surface area contributed by atoms with Crippen LogP contribution in [0, 0.1) is 13.8 Å². The second-order valence-electron chi connectivity index (χ2n) is 11.4. The van der Waals surface area contributed by atoms with Crippen molar-refractivity contribution < 1.29 is 18.3 Å². The molecular weight excluding hydrogens is 562 g/mol. The van der Waals surface area contributed by atoms with Crippen LogP contribution in [0.5, 0.6) is 6.01 Å². The first-order valence-electron chi connectivity index (χ1n) is 14.1. The van der Waals surface area contributed by atoms with Gasteiger partial charge in [-0.15, -0.1) is 0 Å². The number of alkyl halides is 2. The number of H-pyrrole nitrogens is 1. The van der Waals surface area contributed by atoms with Gasteiger partial charge in [-0.05, 0) is 50.6 Å². The Kier molecular flexibility index (Phi) is 8.35. The molecule has 1 amide bonds. The quantitative estimate of drug-likeness (QED) is 0.432. The van der Waals surface area contributed by atoms with E-state index in [1.54, 1.807) is 16.8 Å². The van der Waals surface area contributed by atoms with Crippen molar-refractivity contribution in [2.24, 2.45) is 0 Å². The molecule has 0 bridgehead atoms. The van der Waals surface area contributed by atoms with Crippen LogP contribution >= 0.6 is 13.5 Å². The number of hydrogen-bond donors (Lipinski definition) is 1. The number of piperazine rings is 1. The van der Waals surface area contributed by atoms with E-state index in [0.717, 1.165) is 46.6 Å². The summed E-state index contributed by atoms with van der Waals surface area (Å²) in [6.07, 6.45) is 3.70. The van der Waals surface area contributed by atoms with Crippen LogP contribution in [0.15, 0.2) is 24.9 Å². The summed E-state index contributed by atoms with van der Waals surface area (Å²) in [6, 6.07) is 1.90. The number of likely N-dealkylation sites (tertiary alicyclic amines) is 1. The second kappa shape index (κ2) is 11.7. The SMILES string of the molecule is C=CC(=O)N1CCN(c2nc(OC[C@@H]3CC(F)(F)CN3C)nc3c2CCN(c2c(C)c(C)cc4[nH]ncc24)C3)CC1.S. The first-order valence-corrected chi connectivity index (χ1v) is 14.1. The number of aryl methyl sites for hydroxylation is 1. The fourth-order valence-electron chi connectivity index (χ4n) is 6.31. The minimum Gasteiger partial charge on any atom is -0.462 e. The van der Waals surface area contributed by atoms with E-state index in [4.69, 9.17) is 14.7 Å². The van der Waals surface area contributed by atoms with E-state index in [9.17, 15) is 13.6 Å². The number of aromatic nitrogens is 4. The Morgan fingerprint density at radius 1 is 1.19 bits per heavy atom. The van der Waals surface area contributed by atoms with Gasteiger partial charge in [-0.1, -0.05) is 6.58 Å². The Morgan fingerprint density at radius 3 is 2.64 bits per heavy atom. The van der Waals surface area contributed by atoms with Gasteiger partial charge in [0.2, 0.25) is 5.91 Å². The lowest BCUT2D eigenvalue weighted by Gasteiger charge is -2.38. The summed E-state index contributed by atoms with van der Waals surface area (Å²) < 4.78 is 34.0. The summed E-state index contributed by atoms with van der Waals surface area (Å²) in [5.74, 6) is -2.00. The van der Waals surface area contributed by atoms with E-state index in [-0.39, 0.29) is 45.0 Å². The first kappa shape index (κ1) is 30.0. The van der Waals surface area contributed by atoms with Gasteiger partial charge in [0, 0.05) is 56.1 Å². The van der Waals surface area contributed by atoms with Gasteiger partial charge >= 0.3 is 6.01 Å². The van der Waals surface area contributed by atoms with Crippen molar-refractivity contribution in [2.45, 2.75) is 45.2 Å². The maximum absolute atomic E-state index is 14.0. The molecule has 0 saturated carbocycles. The van der Waals surface area contributed by atoms with Crippen LogP contribution in [0.3, 0.4) is 0 Å². The Morgan fingerprint density at radius 2 is 1.95 bits per heavy atom. The smallest absolute Gasteiger partial charge is 0.318 e. The molecule has 0 aliphatic carbocycles. The molecule has 2 saturated heterocycles. The summed E-state index contributed by atoms with van der Waals surface area (Å²) in [5, 5.41) is 8.44. The molecule has 2 aromatic heterocycles. The average Bonchev–Trinajstić information content (AvgIpc) is 3.52. The highest BCUT2D eigenvalue weighted by Gasteiger charge is 2.43. The Hall–Kier alpha value is -3.45. The summed E-state index contributed by atoms with van der Waals surface area (Å²) in [6.45, 7) is 11.4. The molecule has 13 heteroatoms. The Labute approximate surface area is 251 Å². The standard InChI is InChI=1S/C29H36F2N8O2.H2S/c1-5-25(40)37-8-10-38(11-9-37)27-21-6-7-39(26-19(3)18(2)12-23-22(26)14-32-35-23)15-24(21)33-28(34-27)41-16-20-13-29(30,31)17-36(20)4;/h5,12,14,20H,1,6-11,13,15-17H2,2-4H3,(H,32,35);1H2/t20-;/m0./s1. The summed E-state index contributed by atoms with van der Waals surface area (Å²) in [5.41, 5.74) is 6.43. The minimum absolute atomic E-state index is 0. The zero-order valence-electron chi connectivity index (χ0n) is 24.3. The number of benzene rings is 1. The second-order valence-corrected chi connectivity index (χ2v) is 11.4. The van der Waals surface area contributed by atoms with Crippen LogP contribution in [-0.2, 0) is 17.8 Å². The molecular formula is C29H38F2N8O2S. The topological polar surface area (TPSA) is 93.7 Å². The molecule has 3 aliphatic heterocycles. The highest BCUT2D eigenvalue weighted by Crippen LogP contribution is 2.37. The Balaban J connectivity index is 0.00000353. The van der Waals surface area contributed by atoms with Crippen molar-refractivity contribution in [3.63, 3.8) is 0 Å². The van der Waals surface area contributed by atoms with Crippen LogP contribution in [0.1, 0.15) is 28.8 Å². The van der Waals surface area contributed by atoms with Crippen LogP contribution in [0.4, 0.5) is 20.3 Å². The van der Waals surface area contributed by atoms with Crippen molar-refractivity contribution in [2.75, 3.05) is 62.7 Å². The third-order valence-corrected chi connectivity index (χ3v) is 8.68. The molecule has 42 heavy (non-hydrogen) atoms. The molecule has 1 atom stereocenters. The molecule has 3 aliphatic rings. The van der Waals surface area contributed by atoms with Crippen molar-refractivity contribution >= 4 is 41.8 Å². The number of carbonyl (C=O) groups is 1. The van der Waals surface area contributed by atoms with Crippen molar-refractivity contribution in [3.8, 4) is 6.01 Å². The Bertz CT molecular complexity index is 1490. The van der Waals surface area contributed by atoms with E-state index in [2.05, 4.69) is 46.5 Å². The van der Waals surface area contributed by atoms with Gasteiger partial charge in [-0.2, -0.15) is 28.6 Å². The number of amides is 1. The third-order valence-electron chi connectivity index (χ3n) is 8.68. The van der Waals surface area contributed by atoms with E-state index < -0.39 is 12.0 Å². The fourth-order valence-corrected chi connectivity index (χ4v) is 6.31. The zero-order chi connectivity index (χ0) is 28.9. The normalized spacial score (nSPS) is 20.4. The summed E-state index contributed by atoms with van der Waals surface area (Å²) in [7, 11) is 1.69. The molecule has 0 radical (unpaired) electrons. The number of nitrogens with one attached hydrogen (secondary N) is 1. The maximum Gasteiger partial charge on any atom is 0.318 e. The molecule has 1 aromatic carbocycles. The maximum atomic E-state index is 14.0. The molecule has 0 spiro atoms. The highest BCUT2D eigenvalue weighted by molar-refractivity contribution is 7.59. The first-order chi connectivity index (χ1) is 19.6. The summed E-state index contributed by atoms with van der Waals surface area (Å²) >= 11 is 0. The van der Waals surface area contributed by atoms with Gasteiger partial charge in [0.05, 0.1) is 36.2 Å². The molecule has 3 aromatic rings. The molecule has 2 fully saturated rings. The predicted octanol–water partition coefficient (Wildman–Crippen LogP) is 3.20. The zero-order valence-corrected chi connectivity index (χ0v) is 25.3.